The molecule has 1 aliphatic carbocycles. The lowest BCUT2D eigenvalue weighted by Crippen LogP contribution is -2.30. The molecule has 0 saturated carbocycles. The summed E-state index contributed by atoms with van der Waals surface area (Å²) in [5.41, 5.74) is 1.23. The van der Waals surface area contributed by atoms with Gasteiger partial charge < -0.3 is 4.79 Å². The first-order valence-corrected chi connectivity index (χ1v) is 4.86. The zero-order valence-corrected chi connectivity index (χ0v) is 8.71. The van der Waals surface area contributed by atoms with Crippen molar-refractivity contribution in [2.45, 2.75) is 27.2 Å². The molecule has 0 N–H and O–H groups in total. The topological polar surface area (TPSA) is 17.1 Å². The van der Waals surface area contributed by atoms with Gasteiger partial charge in [-0.25, -0.2) is 0 Å². The minimum Gasteiger partial charge on any atom is -0.302 e. The Morgan fingerprint density at radius 3 is 2.69 bits per heavy atom. The van der Waals surface area contributed by atoms with Crippen molar-refractivity contribution in [1.29, 1.82) is 0 Å². The first kappa shape index (κ1) is 10.2. The van der Waals surface area contributed by atoms with Gasteiger partial charge in [-0.3, -0.25) is 0 Å². The molecule has 0 aromatic carbocycles. The van der Waals surface area contributed by atoms with Crippen LogP contribution in [0.1, 0.15) is 27.2 Å². The lowest BCUT2D eigenvalue weighted by Gasteiger charge is -2.37. The Labute approximate surface area is 80.5 Å². The highest BCUT2D eigenvalue weighted by Gasteiger charge is 2.33. The molecule has 0 fully saturated rings. The zero-order chi connectivity index (χ0) is 10.1. The quantitative estimate of drug-likeness (QED) is 0.469. The van der Waals surface area contributed by atoms with Crippen LogP contribution in [0, 0.1) is 17.3 Å². The summed E-state index contributed by atoms with van der Waals surface area (Å²) in [5.74, 6) is 0.380. The average molecular weight is 178 g/mol. The average Bonchev–Trinajstić information content (AvgIpc) is 2.04. The Bertz CT molecular complexity index is 248. The third-order valence-electron chi connectivity index (χ3n) is 3.06. The Morgan fingerprint density at radius 1 is 1.62 bits per heavy atom. The predicted octanol–water partition coefficient (Wildman–Crippen LogP) is 2.98. The molecule has 72 valence electrons. The molecule has 0 aliphatic heterocycles. The number of rotatable bonds is 2. The molecular weight excluding hydrogens is 160 g/mol. The van der Waals surface area contributed by atoms with Crippen molar-refractivity contribution in [3.05, 3.63) is 24.3 Å². The summed E-state index contributed by atoms with van der Waals surface area (Å²) in [6.45, 7) is 10.6. The van der Waals surface area contributed by atoms with Crippen LogP contribution in [0.3, 0.4) is 0 Å². The molecule has 2 atom stereocenters. The largest absolute Gasteiger partial charge is 0.302 e. The second kappa shape index (κ2) is 3.49. The van der Waals surface area contributed by atoms with E-state index < -0.39 is 0 Å². The second-order valence-corrected chi connectivity index (χ2v) is 4.38. The van der Waals surface area contributed by atoms with Crippen LogP contribution in [0.4, 0.5) is 0 Å². The van der Waals surface area contributed by atoms with Gasteiger partial charge in [0.2, 0.25) is 0 Å². The van der Waals surface area contributed by atoms with E-state index in [0.29, 0.717) is 5.92 Å². The van der Waals surface area contributed by atoms with Crippen molar-refractivity contribution in [1.82, 2.24) is 0 Å². The molecule has 0 radical (unpaired) electrons. The lowest BCUT2D eigenvalue weighted by atomic mass is 9.66. The maximum atomic E-state index is 10.7. The van der Waals surface area contributed by atoms with Crippen LogP contribution in [-0.2, 0) is 4.79 Å². The maximum Gasteiger partial charge on any atom is 0.130 e. The minimum absolute atomic E-state index is 0.0574. The fraction of sp³-hybridized carbons (Fsp3) is 0.583. The molecule has 0 bridgehead atoms. The van der Waals surface area contributed by atoms with E-state index >= 15 is 0 Å². The Hall–Kier alpha value is -0.850. The van der Waals surface area contributed by atoms with Gasteiger partial charge in [0.05, 0.1) is 5.92 Å². The molecule has 1 nitrogen and oxygen atoms in total. The van der Waals surface area contributed by atoms with Gasteiger partial charge in [-0.2, -0.15) is 0 Å². The molecule has 0 heterocycles. The van der Waals surface area contributed by atoms with Gasteiger partial charge in [0.1, 0.15) is 6.29 Å². The summed E-state index contributed by atoms with van der Waals surface area (Å²) in [6, 6.07) is 0. The van der Waals surface area contributed by atoms with E-state index in [9.17, 15) is 4.79 Å². The summed E-state index contributed by atoms with van der Waals surface area (Å²) in [5, 5.41) is 0. The monoisotopic (exact) mass is 178 g/mol. The molecule has 1 heteroatoms. The van der Waals surface area contributed by atoms with Crippen molar-refractivity contribution < 1.29 is 4.79 Å². The molecule has 2 unspecified atom stereocenters. The van der Waals surface area contributed by atoms with Crippen molar-refractivity contribution >= 4 is 6.29 Å². The summed E-state index contributed by atoms with van der Waals surface area (Å²) >= 11 is 0. The summed E-state index contributed by atoms with van der Waals surface area (Å²) in [4.78, 5) is 10.7. The van der Waals surface area contributed by atoms with Crippen LogP contribution in [0.2, 0.25) is 0 Å². The maximum absolute atomic E-state index is 10.7. The van der Waals surface area contributed by atoms with Gasteiger partial charge in [0.15, 0.2) is 0 Å². The van der Waals surface area contributed by atoms with E-state index in [1.165, 1.54) is 0 Å². The number of aldehydes is 1. The van der Waals surface area contributed by atoms with Crippen molar-refractivity contribution in [3.8, 4) is 0 Å². The van der Waals surface area contributed by atoms with Crippen LogP contribution in [0.5, 0.6) is 0 Å². The molecule has 1 rings (SSSR count). The van der Waals surface area contributed by atoms with Gasteiger partial charge in [-0.05, 0) is 17.8 Å². The molecule has 0 amide bonds. The van der Waals surface area contributed by atoms with Crippen LogP contribution in [0.15, 0.2) is 24.3 Å². The van der Waals surface area contributed by atoms with Crippen LogP contribution >= 0.6 is 0 Å². The van der Waals surface area contributed by atoms with E-state index in [2.05, 4.69) is 33.4 Å². The third-order valence-corrected chi connectivity index (χ3v) is 3.06. The minimum atomic E-state index is -0.0574. The summed E-state index contributed by atoms with van der Waals surface area (Å²) < 4.78 is 0. The van der Waals surface area contributed by atoms with E-state index in [4.69, 9.17) is 0 Å². The van der Waals surface area contributed by atoms with Crippen LogP contribution < -0.4 is 0 Å². The molecule has 0 saturated heterocycles. The first-order valence-electron chi connectivity index (χ1n) is 4.86. The van der Waals surface area contributed by atoms with E-state index in [0.717, 1.165) is 18.3 Å². The highest BCUT2D eigenvalue weighted by Crippen LogP contribution is 2.42. The van der Waals surface area contributed by atoms with Gasteiger partial charge in [-0.1, -0.05) is 45.1 Å². The molecule has 0 aromatic rings. The Kier molecular flexibility index (Phi) is 2.74. The van der Waals surface area contributed by atoms with Gasteiger partial charge in [0.25, 0.3) is 0 Å². The smallest absolute Gasteiger partial charge is 0.130 e. The summed E-state index contributed by atoms with van der Waals surface area (Å²) in [6.07, 6.45) is 6.16. The van der Waals surface area contributed by atoms with Crippen molar-refractivity contribution in [2.75, 3.05) is 0 Å². The molecule has 1 aliphatic rings. The molecular formula is C12H18O. The van der Waals surface area contributed by atoms with Gasteiger partial charge in [-0.15, -0.1) is 0 Å². The van der Waals surface area contributed by atoms with Gasteiger partial charge in [0, 0.05) is 0 Å². The van der Waals surface area contributed by atoms with Crippen molar-refractivity contribution in [3.63, 3.8) is 0 Å². The third kappa shape index (κ3) is 1.74. The van der Waals surface area contributed by atoms with E-state index in [1.54, 1.807) is 0 Å². The first-order chi connectivity index (χ1) is 6.03. The zero-order valence-electron chi connectivity index (χ0n) is 8.71. The Balaban J connectivity index is 3.00. The fourth-order valence-electron chi connectivity index (χ4n) is 2.22. The van der Waals surface area contributed by atoms with E-state index in [-0.39, 0.29) is 11.3 Å². The van der Waals surface area contributed by atoms with E-state index in [1.807, 2.05) is 6.08 Å². The predicted molar refractivity (Wildman–Crippen MR) is 55.4 cm³/mol. The normalized spacial score (nSPS) is 31.8. The van der Waals surface area contributed by atoms with Crippen molar-refractivity contribution in [2.24, 2.45) is 17.3 Å². The number of allylic oxidation sites excluding steroid dienone is 3. The Morgan fingerprint density at radius 2 is 2.23 bits per heavy atom. The fourth-order valence-corrected chi connectivity index (χ4v) is 2.22. The lowest BCUT2D eigenvalue weighted by molar-refractivity contribution is -0.109. The highest BCUT2D eigenvalue weighted by atomic mass is 16.1. The van der Waals surface area contributed by atoms with Gasteiger partial charge >= 0.3 is 0 Å². The standard InChI is InChI=1S/C12H18O/c1-5-11-9(2)10(8-13)6-7-12(11,3)4/h6-8,10-11H,2,5H2,1,3-4H3. The number of carbonyl (C=O) groups is 1. The summed E-state index contributed by atoms with van der Waals surface area (Å²) in [7, 11) is 0. The number of carbonyl (C=O) groups excluding carboxylic acids is 1. The molecule has 0 spiro atoms. The number of hydrogen-bond acceptors (Lipinski definition) is 1. The molecule has 13 heavy (non-hydrogen) atoms. The van der Waals surface area contributed by atoms with Crippen LogP contribution in [-0.4, -0.2) is 6.29 Å². The second-order valence-electron chi connectivity index (χ2n) is 4.38. The number of hydrogen-bond donors (Lipinski definition) is 0. The SMILES string of the molecule is C=C1C(C=O)C=CC(C)(C)C1CC. The highest BCUT2D eigenvalue weighted by molar-refractivity contribution is 5.63. The molecule has 0 aromatic heterocycles. The van der Waals surface area contributed by atoms with Crippen LogP contribution in [0.25, 0.3) is 0 Å².